The van der Waals surface area contributed by atoms with Crippen LogP contribution >= 0.6 is 0 Å². The summed E-state index contributed by atoms with van der Waals surface area (Å²) in [5.74, 6) is 6.63. The SMILES string of the molecule is COC(=O)c1ccc(-c2c3nc(c(-c4cc(OCCC(C)C)cc(OCCC(C)C)c4)c4ccc([nH]4)c(-c4cc(OCCC(C)C)cc(OCCC(C)C)c4)c4nc(c(-c5cc(OCCC(C)C)cc(OCCC(C)C)c5)c5ccc2[nH]5)C=C4)C=C3)cc1. The molecule has 0 amide bonds. The number of carbonyl (C=O) groups excluding carboxylic acids is 1. The molecule has 4 aromatic carbocycles. The maximum absolute atomic E-state index is 12.9. The van der Waals surface area contributed by atoms with Gasteiger partial charge in [-0.3, -0.25) is 0 Å². The van der Waals surface area contributed by atoms with E-state index in [1.54, 1.807) is 12.1 Å². The molecule has 0 saturated heterocycles. The van der Waals surface area contributed by atoms with Crippen LogP contribution in [0, 0.1) is 35.5 Å². The van der Waals surface area contributed by atoms with Crippen LogP contribution in [0.25, 0.3) is 90.9 Å². The molecule has 0 radical (unpaired) electrons. The summed E-state index contributed by atoms with van der Waals surface area (Å²) in [7, 11) is 1.40. The molecule has 0 saturated carbocycles. The van der Waals surface area contributed by atoms with Gasteiger partial charge < -0.3 is 43.1 Å². The number of fused-ring (bicyclic) bond motifs is 8. The monoisotopic (exact) mass is 1190 g/mol. The summed E-state index contributed by atoms with van der Waals surface area (Å²) < 4.78 is 44.8. The molecule has 0 aliphatic carbocycles. The van der Waals surface area contributed by atoms with Crippen molar-refractivity contribution in [3.63, 3.8) is 0 Å². The van der Waals surface area contributed by atoms with E-state index in [0.717, 1.165) is 122 Å². The van der Waals surface area contributed by atoms with Crippen LogP contribution in [0.2, 0.25) is 0 Å². The van der Waals surface area contributed by atoms with Crippen molar-refractivity contribution in [2.24, 2.45) is 35.5 Å². The number of hydrogen-bond acceptors (Lipinski definition) is 10. The highest BCUT2D eigenvalue weighted by Crippen LogP contribution is 2.43. The number of nitrogens with one attached hydrogen (secondary N) is 2. The highest BCUT2D eigenvalue weighted by molar-refractivity contribution is 6.01. The van der Waals surface area contributed by atoms with Crippen molar-refractivity contribution in [2.75, 3.05) is 46.8 Å². The molecule has 7 aromatic rings. The first-order chi connectivity index (χ1) is 42.4. The van der Waals surface area contributed by atoms with Gasteiger partial charge in [-0.2, -0.15) is 0 Å². The number of hydrogen-bond donors (Lipinski definition) is 2. The summed E-state index contributed by atoms with van der Waals surface area (Å²) in [6, 6.07) is 34.6. The number of H-pyrrole nitrogens is 2. The number of benzene rings is 4. The van der Waals surface area contributed by atoms with Gasteiger partial charge in [-0.05, 0) is 193 Å². The van der Waals surface area contributed by atoms with Crippen LogP contribution in [-0.4, -0.2) is 72.7 Å². The molecule has 0 atom stereocenters. The van der Waals surface area contributed by atoms with Crippen molar-refractivity contribution in [3.8, 4) is 79.0 Å². The lowest BCUT2D eigenvalue weighted by atomic mass is 10.0. The summed E-state index contributed by atoms with van der Waals surface area (Å²) in [6.07, 6.45) is 13.8. The van der Waals surface area contributed by atoms with E-state index in [1.807, 2.05) is 30.3 Å². The fourth-order valence-electron chi connectivity index (χ4n) is 10.4. The maximum atomic E-state index is 12.9. The van der Waals surface area contributed by atoms with E-state index in [2.05, 4.69) is 178 Å². The first-order valence-corrected chi connectivity index (χ1v) is 32.0. The van der Waals surface area contributed by atoms with E-state index in [-0.39, 0.29) is 0 Å². The molecule has 2 aliphatic heterocycles. The van der Waals surface area contributed by atoms with Gasteiger partial charge >= 0.3 is 5.97 Å². The van der Waals surface area contributed by atoms with Crippen LogP contribution in [0.3, 0.4) is 0 Å². The van der Waals surface area contributed by atoms with Gasteiger partial charge in [-0.25, -0.2) is 14.8 Å². The van der Waals surface area contributed by atoms with E-state index >= 15 is 0 Å². The Morgan fingerprint density at radius 2 is 0.580 bits per heavy atom. The fourth-order valence-corrected chi connectivity index (χ4v) is 10.4. The average molecular weight is 1190 g/mol. The van der Waals surface area contributed by atoms with E-state index in [1.165, 1.54) is 7.11 Å². The number of aromatic amines is 2. The van der Waals surface area contributed by atoms with Crippen molar-refractivity contribution in [3.05, 3.63) is 131 Å². The third kappa shape index (κ3) is 17.1. The van der Waals surface area contributed by atoms with Gasteiger partial charge in [0, 0.05) is 62.5 Å². The first-order valence-electron chi connectivity index (χ1n) is 32.0. The molecule has 464 valence electrons. The zero-order valence-electron chi connectivity index (χ0n) is 54.2. The first kappa shape index (κ1) is 64.2. The minimum absolute atomic E-state index is 0.416. The van der Waals surface area contributed by atoms with Crippen molar-refractivity contribution < 1.29 is 38.0 Å². The zero-order chi connectivity index (χ0) is 62.4. The smallest absolute Gasteiger partial charge is 0.337 e. The van der Waals surface area contributed by atoms with Crippen LogP contribution < -0.4 is 28.4 Å². The lowest BCUT2D eigenvalue weighted by Crippen LogP contribution is -2.04. The highest BCUT2D eigenvalue weighted by atomic mass is 16.5. The normalized spacial score (nSPS) is 12.1. The summed E-state index contributed by atoms with van der Waals surface area (Å²) >= 11 is 0. The third-order valence-electron chi connectivity index (χ3n) is 15.6. The Labute approximate surface area is 522 Å². The number of methoxy groups -OCH3 is 1. The Morgan fingerprint density at radius 3 is 0.807 bits per heavy atom. The Morgan fingerprint density at radius 1 is 0.341 bits per heavy atom. The Hall–Kier alpha value is -8.25. The van der Waals surface area contributed by atoms with Crippen molar-refractivity contribution >= 4 is 52.3 Å². The van der Waals surface area contributed by atoms with E-state index in [9.17, 15) is 4.79 Å². The molecular formula is C76H92N4O8. The van der Waals surface area contributed by atoms with Crippen molar-refractivity contribution in [1.82, 2.24) is 19.9 Å². The van der Waals surface area contributed by atoms with Crippen LogP contribution in [0.1, 0.15) is 155 Å². The topological polar surface area (TPSA) is 139 Å². The molecule has 12 heteroatoms. The molecular weight excluding hydrogens is 1100 g/mol. The third-order valence-corrected chi connectivity index (χ3v) is 15.6. The molecule has 2 aliphatic rings. The van der Waals surface area contributed by atoms with Gasteiger partial charge in [0.2, 0.25) is 0 Å². The largest absolute Gasteiger partial charge is 0.493 e. The second-order valence-corrected chi connectivity index (χ2v) is 25.8. The van der Waals surface area contributed by atoms with E-state index in [0.29, 0.717) is 121 Å². The van der Waals surface area contributed by atoms with Gasteiger partial charge in [0.1, 0.15) is 34.5 Å². The summed E-state index contributed by atoms with van der Waals surface area (Å²) in [5, 5.41) is 0. The zero-order valence-corrected chi connectivity index (χ0v) is 54.2. The van der Waals surface area contributed by atoms with Crippen LogP contribution in [0.4, 0.5) is 0 Å². The number of carbonyl (C=O) groups is 1. The molecule has 12 nitrogen and oxygen atoms in total. The molecule has 0 unspecified atom stereocenters. The molecule has 88 heavy (non-hydrogen) atoms. The van der Waals surface area contributed by atoms with Crippen molar-refractivity contribution in [1.29, 1.82) is 0 Å². The van der Waals surface area contributed by atoms with E-state index < -0.39 is 5.97 Å². The molecule has 9 rings (SSSR count). The summed E-state index contributed by atoms with van der Waals surface area (Å²) in [6.45, 7) is 29.8. The van der Waals surface area contributed by atoms with Gasteiger partial charge in [0.15, 0.2) is 0 Å². The molecule has 0 spiro atoms. The Bertz CT molecular complexity index is 3580. The molecule has 2 N–H and O–H groups in total. The predicted octanol–water partition coefficient (Wildman–Crippen LogP) is 19.7. The Kier molecular flexibility index (Phi) is 22.0. The predicted molar refractivity (Wildman–Crippen MR) is 362 cm³/mol. The van der Waals surface area contributed by atoms with Gasteiger partial charge in [-0.15, -0.1) is 0 Å². The summed E-state index contributed by atoms with van der Waals surface area (Å²) in [4.78, 5) is 32.1. The van der Waals surface area contributed by atoms with Crippen LogP contribution in [0.5, 0.6) is 34.5 Å². The van der Waals surface area contributed by atoms with E-state index in [4.69, 9.17) is 43.1 Å². The number of rotatable bonds is 29. The lowest BCUT2D eigenvalue weighted by Gasteiger charge is -2.15. The molecule has 5 heterocycles. The summed E-state index contributed by atoms with van der Waals surface area (Å²) in [5.41, 5.74) is 13.4. The van der Waals surface area contributed by atoms with Crippen LogP contribution in [0.15, 0.2) is 103 Å². The highest BCUT2D eigenvalue weighted by Gasteiger charge is 2.23. The maximum Gasteiger partial charge on any atom is 0.337 e. The fraction of sp³-hybridized carbons (Fsp3) is 0.408. The van der Waals surface area contributed by atoms with Crippen LogP contribution in [-0.2, 0) is 4.74 Å². The number of esters is 1. The number of nitrogens with zero attached hydrogens (tertiary/aromatic N) is 2. The molecule has 3 aromatic heterocycles. The lowest BCUT2D eigenvalue weighted by molar-refractivity contribution is 0.0600. The minimum Gasteiger partial charge on any atom is -0.493 e. The van der Waals surface area contributed by atoms with Gasteiger partial charge in [0.05, 0.1) is 75.1 Å². The number of aromatic nitrogens is 4. The average Bonchev–Trinajstić information content (AvgIpc) is 2.12. The Balaban J connectivity index is 1.41. The standard InChI is InChI=1S/C76H92N4O8/c1-47(2)26-32-83-58-38-55(39-59(44-58)84-33-27-48(3)4)73-66-20-18-64(77-66)72(53-14-16-54(17-15-53)76(81)82-13)65-19-21-67(78-65)74(56-40-60(85-34-28-49(5)6)45-61(41-56)86-35-29-50(7)8)69-23-25-71(80-69)75(70-24-22-68(73)79-70)57-42-62(87-36-30-51(9)10)46-63(43-57)88-37-31-52(11)12/h14-25,38-52,77,80H,26-37H2,1-13H3. The second-order valence-electron chi connectivity index (χ2n) is 25.8. The number of ether oxygens (including phenoxy) is 7. The quantitative estimate of drug-likeness (QED) is 0.0436. The van der Waals surface area contributed by atoms with Gasteiger partial charge in [-0.1, -0.05) is 95.2 Å². The molecule has 0 fully saturated rings. The van der Waals surface area contributed by atoms with Gasteiger partial charge in [0.25, 0.3) is 0 Å². The second kappa shape index (κ2) is 30.1. The molecule has 8 bridgehead atoms. The minimum atomic E-state index is -0.416. The van der Waals surface area contributed by atoms with Crippen molar-refractivity contribution in [2.45, 2.75) is 122 Å².